The van der Waals surface area contributed by atoms with Crippen molar-refractivity contribution in [1.29, 1.82) is 0 Å². The van der Waals surface area contributed by atoms with Crippen molar-refractivity contribution in [3.8, 4) is 0 Å². The molecular weight excluding hydrogens is 300 g/mol. The summed E-state index contributed by atoms with van der Waals surface area (Å²) in [6.07, 6.45) is 8.22. The molecule has 0 heterocycles. The molecule has 3 heteroatoms. The minimum absolute atomic E-state index is 0.0232. The van der Waals surface area contributed by atoms with Crippen LogP contribution in [0.2, 0.25) is 0 Å². The summed E-state index contributed by atoms with van der Waals surface area (Å²) in [6, 6.07) is 10.1. The van der Waals surface area contributed by atoms with Crippen LogP contribution >= 0.6 is 0 Å². The number of hydrogen-bond donors (Lipinski definition) is 3. The predicted molar refractivity (Wildman–Crippen MR) is 93.4 cm³/mol. The number of aliphatic hydroxyl groups is 3. The molecule has 0 radical (unpaired) electrons. The molecule has 130 valence electrons. The van der Waals surface area contributed by atoms with Gasteiger partial charge in [-0.3, -0.25) is 0 Å². The van der Waals surface area contributed by atoms with Gasteiger partial charge < -0.3 is 15.3 Å². The number of aliphatic hydroxyl groups excluding tert-OH is 2. The van der Waals surface area contributed by atoms with Crippen molar-refractivity contribution in [2.75, 3.05) is 6.61 Å². The summed E-state index contributed by atoms with van der Waals surface area (Å²) >= 11 is 0. The lowest BCUT2D eigenvalue weighted by atomic mass is 9.63. The fourth-order valence-corrected chi connectivity index (χ4v) is 5.70. The first-order chi connectivity index (χ1) is 11.6. The van der Waals surface area contributed by atoms with Gasteiger partial charge in [0.1, 0.15) is 0 Å². The smallest absolute Gasteiger partial charge is 0.0976 e. The van der Waals surface area contributed by atoms with E-state index in [0.717, 1.165) is 31.2 Å². The van der Waals surface area contributed by atoms with Gasteiger partial charge in [0.2, 0.25) is 0 Å². The van der Waals surface area contributed by atoms with Gasteiger partial charge in [0.05, 0.1) is 11.7 Å². The molecule has 1 aromatic carbocycles. The van der Waals surface area contributed by atoms with Gasteiger partial charge in [0.15, 0.2) is 0 Å². The minimum atomic E-state index is -1.09. The second kappa shape index (κ2) is 6.29. The average Bonchev–Trinajstić information content (AvgIpc) is 3.23. The third-order valence-corrected chi connectivity index (χ3v) is 6.90. The molecule has 0 spiro atoms. The largest absolute Gasteiger partial charge is 0.396 e. The maximum absolute atomic E-state index is 11.6. The van der Waals surface area contributed by atoms with Crippen molar-refractivity contribution >= 4 is 0 Å². The van der Waals surface area contributed by atoms with E-state index in [1.807, 2.05) is 18.2 Å². The molecule has 3 unspecified atom stereocenters. The molecule has 3 N–H and O–H groups in total. The van der Waals surface area contributed by atoms with Gasteiger partial charge in [0, 0.05) is 12.5 Å². The van der Waals surface area contributed by atoms with Crippen LogP contribution in [0.4, 0.5) is 0 Å². The number of benzene rings is 1. The maximum atomic E-state index is 11.6. The first kappa shape index (κ1) is 16.3. The van der Waals surface area contributed by atoms with E-state index in [4.69, 9.17) is 0 Å². The summed E-state index contributed by atoms with van der Waals surface area (Å²) in [5, 5.41) is 32.7. The highest BCUT2D eigenvalue weighted by Crippen LogP contribution is 2.54. The van der Waals surface area contributed by atoms with Crippen molar-refractivity contribution in [3.63, 3.8) is 0 Å². The highest BCUT2D eigenvalue weighted by molar-refractivity contribution is 5.26. The van der Waals surface area contributed by atoms with E-state index in [1.54, 1.807) is 0 Å². The van der Waals surface area contributed by atoms with Gasteiger partial charge in [0.25, 0.3) is 0 Å². The van der Waals surface area contributed by atoms with Crippen LogP contribution in [0.5, 0.6) is 0 Å². The Morgan fingerprint density at radius 2 is 1.83 bits per heavy atom. The van der Waals surface area contributed by atoms with Crippen molar-refractivity contribution in [2.45, 2.75) is 49.7 Å². The molecule has 3 aliphatic rings. The predicted octanol–water partition coefficient (Wildman–Crippen LogP) is 2.87. The van der Waals surface area contributed by atoms with Gasteiger partial charge >= 0.3 is 0 Å². The number of fused-ring (bicyclic) bond motifs is 2. The van der Waals surface area contributed by atoms with Gasteiger partial charge in [-0.05, 0) is 48.5 Å². The van der Waals surface area contributed by atoms with Crippen molar-refractivity contribution in [1.82, 2.24) is 0 Å². The van der Waals surface area contributed by atoms with E-state index in [2.05, 4.69) is 24.3 Å². The lowest BCUT2D eigenvalue weighted by Gasteiger charge is -2.47. The molecule has 2 bridgehead atoms. The molecule has 2 fully saturated rings. The van der Waals surface area contributed by atoms with Crippen LogP contribution in [-0.2, 0) is 0 Å². The van der Waals surface area contributed by atoms with Crippen LogP contribution in [0.15, 0.2) is 42.5 Å². The molecule has 3 aliphatic carbocycles. The van der Waals surface area contributed by atoms with E-state index in [9.17, 15) is 15.3 Å². The normalized spacial score (nSPS) is 42.4. The quantitative estimate of drug-likeness (QED) is 0.745. The van der Waals surface area contributed by atoms with Crippen LogP contribution < -0.4 is 0 Å². The lowest BCUT2D eigenvalue weighted by Crippen LogP contribution is -2.55. The first-order valence-corrected chi connectivity index (χ1v) is 9.39. The second-order valence-electron chi connectivity index (χ2n) is 8.02. The summed E-state index contributed by atoms with van der Waals surface area (Å²) in [4.78, 5) is 0. The SMILES string of the molecule is OC[C@@H]1C2C=CC(C2)[C@@H]1C(O)[C@]1(O)CCCC[C@H]1c1ccccc1. The Morgan fingerprint density at radius 3 is 2.58 bits per heavy atom. The molecule has 3 nitrogen and oxygen atoms in total. The zero-order chi connectivity index (χ0) is 16.7. The third-order valence-electron chi connectivity index (χ3n) is 6.90. The van der Waals surface area contributed by atoms with E-state index >= 15 is 0 Å². The van der Waals surface area contributed by atoms with E-state index in [-0.39, 0.29) is 24.4 Å². The Bertz CT molecular complexity index is 598. The molecular formula is C21H28O3. The number of allylic oxidation sites excluding steroid dienone is 2. The Balaban J connectivity index is 1.65. The van der Waals surface area contributed by atoms with Crippen molar-refractivity contribution in [2.24, 2.45) is 23.7 Å². The number of rotatable bonds is 4. The van der Waals surface area contributed by atoms with Crippen LogP contribution in [0.3, 0.4) is 0 Å². The van der Waals surface area contributed by atoms with Crippen LogP contribution in [-0.4, -0.2) is 33.6 Å². The third kappa shape index (κ3) is 2.45. The molecule has 24 heavy (non-hydrogen) atoms. The molecule has 1 aromatic rings. The monoisotopic (exact) mass is 328 g/mol. The van der Waals surface area contributed by atoms with E-state index < -0.39 is 11.7 Å². The van der Waals surface area contributed by atoms with Crippen LogP contribution in [0.25, 0.3) is 0 Å². The molecule has 0 saturated heterocycles. The molecule has 0 amide bonds. The van der Waals surface area contributed by atoms with Crippen LogP contribution in [0, 0.1) is 23.7 Å². The molecule has 0 aromatic heterocycles. The van der Waals surface area contributed by atoms with Crippen LogP contribution in [0.1, 0.15) is 43.6 Å². The first-order valence-electron chi connectivity index (χ1n) is 9.39. The van der Waals surface area contributed by atoms with E-state index in [1.165, 1.54) is 0 Å². The molecule has 0 aliphatic heterocycles. The summed E-state index contributed by atoms with van der Waals surface area (Å²) < 4.78 is 0. The number of hydrogen-bond acceptors (Lipinski definition) is 3. The second-order valence-corrected chi connectivity index (χ2v) is 8.02. The van der Waals surface area contributed by atoms with Gasteiger partial charge in [-0.25, -0.2) is 0 Å². The Hall–Kier alpha value is -1.16. The highest BCUT2D eigenvalue weighted by Gasteiger charge is 2.55. The Kier molecular flexibility index (Phi) is 4.27. The summed E-state index contributed by atoms with van der Waals surface area (Å²) in [5.74, 6) is 0.688. The fraction of sp³-hybridized carbons (Fsp3) is 0.619. The zero-order valence-corrected chi connectivity index (χ0v) is 14.1. The fourth-order valence-electron chi connectivity index (χ4n) is 5.70. The van der Waals surface area contributed by atoms with Gasteiger partial charge in [-0.15, -0.1) is 0 Å². The molecule has 4 rings (SSSR count). The lowest BCUT2D eigenvalue weighted by molar-refractivity contribution is -0.146. The van der Waals surface area contributed by atoms with Gasteiger partial charge in [-0.1, -0.05) is 55.3 Å². The average molecular weight is 328 g/mol. The van der Waals surface area contributed by atoms with Gasteiger partial charge in [-0.2, -0.15) is 0 Å². The van der Waals surface area contributed by atoms with Crippen molar-refractivity contribution < 1.29 is 15.3 Å². The molecule has 2 saturated carbocycles. The van der Waals surface area contributed by atoms with Crippen molar-refractivity contribution in [3.05, 3.63) is 48.0 Å². The Labute approximate surface area is 144 Å². The summed E-state index contributed by atoms with van der Waals surface area (Å²) in [6.45, 7) is 0.0965. The summed E-state index contributed by atoms with van der Waals surface area (Å²) in [5.41, 5.74) is 0.0359. The zero-order valence-electron chi connectivity index (χ0n) is 14.1. The van der Waals surface area contributed by atoms with E-state index in [0.29, 0.717) is 18.3 Å². The maximum Gasteiger partial charge on any atom is 0.0976 e. The Morgan fingerprint density at radius 1 is 1.08 bits per heavy atom. The molecule has 7 atom stereocenters. The standard InChI is InChI=1S/C21H28O3/c22-13-17-15-9-10-16(12-15)19(17)20(23)21(24)11-5-4-8-18(21)14-6-2-1-3-7-14/h1-3,6-7,9-10,15-20,22-24H,4-5,8,11-13H2/t15?,16?,17-,18+,19+,20?,21+/m1/s1. The topological polar surface area (TPSA) is 60.7 Å². The highest BCUT2D eigenvalue weighted by atomic mass is 16.3. The minimum Gasteiger partial charge on any atom is -0.396 e. The summed E-state index contributed by atoms with van der Waals surface area (Å²) in [7, 11) is 0.